The number of aryl methyl sites for hydroxylation is 3. The molecule has 0 bridgehead atoms. The number of aliphatic hydroxyl groups is 1. The zero-order valence-electron chi connectivity index (χ0n) is 16.4. The molecule has 0 saturated carbocycles. The zero-order chi connectivity index (χ0) is 19.9. The Morgan fingerprint density at radius 2 is 1.67 bits per heavy atom. The molecular weight excluding hydrogens is 360 g/mol. The van der Waals surface area contributed by atoms with Gasteiger partial charge in [0.15, 0.2) is 0 Å². The van der Waals surface area contributed by atoms with Crippen LogP contribution in [-0.2, 0) is 17.1 Å². The molecule has 6 heteroatoms. The number of aliphatic hydroxyl groups excluding tert-OH is 1. The Balaban J connectivity index is 1.84. The molecular formula is C21H26N2O3S. The molecule has 0 unspecified atom stereocenters. The molecule has 1 heterocycles. The van der Waals surface area contributed by atoms with E-state index in [9.17, 15) is 13.5 Å². The van der Waals surface area contributed by atoms with Gasteiger partial charge in [0.25, 0.3) is 0 Å². The molecule has 0 saturated heterocycles. The maximum absolute atomic E-state index is 12.9. The van der Waals surface area contributed by atoms with Gasteiger partial charge in [0, 0.05) is 25.3 Å². The Bertz CT molecular complexity index is 1090. The second kappa shape index (κ2) is 7.11. The monoisotopic (exact) mass is 386 g/mol. The van der Waals surface area contributed by atoms with E-state index in [0.717, 1.165) is 33.2 Å². The third kappa shape index (κ3) is 3.65. The first-order valence-corrected chi connectivity index (χ1v) is 10.4. The van der Waals surface area contributed by atoms with Crippen LogP contribution >= 0.6 is 0 Å². The summed E-state index contributed by atoms with van der Waals surface area (Å²) in [6.07, 6.45) is 1.03. The predicted molar refractivity (Wildman–Crippen MR) is 108 cm³/mol. The highest BCUT2D eigenvalue weighted by Gasteiger charge is 2.23. The summed E-state index contributed by atoms with van der Waals surface area (Å²) >= 11 is 0. The van der Waals surface area contributed by atoms with E-state index < -0.39 is 16.1 Å². The molecule has 0 radical (unpaired) electrons. The van der Waals surface area contributed by atoms with E-state index in [1.807, 2.05) is 75.8 Å². The smallest absolute Gasteiger partial charge is 0.241 e. The van der Waals surface area contributed by atoms with Gasteiger partial charge < -0.3 is 9.67 Å². The van der Waals surface area contributed by atoms with E-state index >= 15 is 0 Å². The van der Waals surface area contributed by atoms with Gasteiger partial charge in [-0.15, -0.1) is 0 Å². The normalized spacial score (nSPS) is 13.3. The molecule has 2 N–H and O–H groups in total. The van der Waals surface area contributed by atoms with Gasteiger partial charge in [-0.1, -0.05) is 12.1 Å². The minimum Gasteiger partial charge on any atom is -0.387 e. The summed E-state index contributed by atoms with van der Waals surface area (Å²) in [6.45, 7) is 7.37. The molecule has 3 rings (SSSR count). The number of sulfonamides is 1. The van der Waals surface area contributed by atoms with Crippen molar-refractivity contribution >= 4 is 20.9 Å². The second-order valence-corrected chi connectivity index (χ2v) is 8.91. The number of nitrogens with one attached hydrogen (secondary N) is 1. The number of nitrogens with zero attached hydrogens (tertiary/aromatic N) is 1. The lowest BCUT2D eigenvalue weighted by Crippen LogP contribution is -2.30. The summed E-state index contributed by atoms with van der Waals surface area (Å²) in [4.78, 5) is 0.311. The van der Waals surface area contributed by atoms with Gasteiger partial charge in [0.2, 0.25) is 10.0 Å². The Morgan fingerprint density at radius 1 is 1.04 bits per heavy atom. The molecule has 0 aliphatic rings. The molecule has 1 aromatic heterocycles. The lowest BCUT2D eigenvalue weighted by atomic mass is 10.0. The number of benzene rings is 2. The number of hydrogen-bond acceptors (Lipinski definition) is 3. The lowest BCUT2D eigenvalue weighted by molar-refractivity contribution is 0.182. The van der Waals surface area contributed by atoms with Crippen molar-refractivity contribution in [2.75, 3.05) is 6.54 Å². The van der Waals surface area contributed by atoms with Crippen molar-refractivity contribution in [2.45, 2.75) is 38.7 Å². The topological polar surface area (TPSA) is 71.3 Å². The van der Waals surface area contributed by atoms with Crippen molar-refractivity contribution in [1.29, 1.82) is 0 Å². The summed E-state index contributed by atoms with van der Waals surface area (Å²) in [6, 6.07) is 9.61. The Morgan fingerprint density at radius 3 is 2.30 bits per heavy atom. The number of rotatable bonds is 5. The highest BCUT2D eigenvalue weighted by atomic mass is 32.2. The highest BCUT2D eigenvalue weighted by molar-refractivity contribution is 7.89. The third-order valence-electron chi connectivity index (χ3n) is 5.33. The van der Waals surface area contributed by atoms with Gasteiger partial charge in [-0.2, -0.15) is 0 Å². The van der Waals surface area contributed by atoms with Crippen LogP contribution in [0.3, 0.4) is 0 Å². The Labute approximate surface area is 160 Å². The molecule has 2 aromatic carbocycles. The predicted octanol–water partition coefficient (Wildman–Crippen LogP) is 3.42. The number of aromatic nitrogens is 1. The molecule has 0 aliphatic carbocycles. The van der Waals surface area contributed by atoms with Crippen LogP contribution in [0.5, 0.6) is 0 Å². The standard InChI is InChI=1S/C21H26N2O3S/c1-13-10-14(2)16(4)21(15(13)3)27(25,26)22-12-20(24)18-6-7-19-17(11-18)8-9-23(19)5/h6-11,20,22,24H,12H2,1-5H3/t20-/m0/s1. The van der Waals surface area contributed by atoms with Crippen molar-refractivity contribution in [3.63, 3.8) is 0 Å². The zero-order valence-corrected chi connectivity index (χ0v) is 17.2. The fourth-order valence-electron chi connectivity index (χ4n) is 3.47. The van der Waals surface area contributed by atoms with Crippen molar-refractivity contribution in [3.8, 4) is 0 Å². The van der Waals surface area contributed by atoms with E-state index in [-0.39, 0.29) is 6.54 Å². The first-order chi connectivity index (χ1) is 12.6. The van der Waals surface area contributed by atoms with E-state index in [2.05, 4.69) is 4.72 Å². The van der Waals surface area contributed by atoms with Gasteiger partial charge >= 0.3 is 0 Å². The second-order valence-electron chi connectivity index (χ2n) is 7.20. The summed E-state index contributed by atoms with van der Waals surface area (Å²) in [7, 11) is -1.76. The summed E-state index contributed by atoms with van der Waals surface area (Å²) < 4.78 is 30.4. The van der Waals surface area contributed by atoms with E-state index in [1.165, 1.54) is 0 Å². The van der Waals surface area contributed by atoms with Crippen LogP contribution in [0, 0.1) is 27.7 Å². The molecule has 0 fully saturated rings. The molecule has 27 heavy (non-hydrogen) atoms. The minimum absolute atomic E-state index is 0.0768. The fourth-order valence-corrected chi connectivity index (χ4v) is 5.12. The van der Waals surface area contributed by atoms with Gasteiger partial charge in [0.1, 0.15) is 0 Å². The SMILES string of the molecule is Cc1cc(C)c(C)c(S(=O)(=O)NC[C@H](O)c2ccc3c(ccn3C)c2)c1C. The van der Waals surface area contributed by atoms with E-state index in [0.29, 0.717) is 10.5 Å². The lowest BCUT2D eigenvalue weighted by Gasteiger charge is -2.18. The largest absolute Gasteiger partial charge is 0.387 e. The molecule has 5 nitrogen and oxygen atoms in total. The van der Waals surface area contributed by atoms with Crippen LogP contribution in [0.15, 0.2) is 41.4 Å². The van der Waals surface area contributed by atoms with Crippen LogP contribution < -0.4 is 4.72 Å². The highest BCUT2D eigenvalue weighted by Crippen LogP contribution is 2.26. The fraction of sp³-hybridized carbons (Fsp3) is 0.333. The third-order valence-corrected chi connectivity index (χ3v) is 7.02. The van der Waals surface area contributed by atoms with Crippen molar-refractivity contribution in [3.05, 3.63) is 64.3 Å². The van der Waals surface area contributed by atoms with Gasteiger partial charge in [-0.05, 0) is 79.1 Å². The van der Waals surface area contributed by atoms with Crippen LogP contribution in [0.25, 0.3) is 10.9 Å². The van der Waals surface area contributed by atoms with Crippen molar-refractivity contribution < 1.29 is 13.5 Å². The van der Waals surface area contributed by atoms with Gasteiger partial charge in [-0.25, -0.2) is 13.1 Å². The van der Waals surface area contributed by atoms with E-state index in [1.54, 1.807) is 0 Å². The van der Waals surface area contributed by atoms with Crippen LogP contribution in [0.1, 0.15) is 33.9 Å². The average Bonchev–Trinajstić information content (AvgIpc) is 2.98. The quantitative estimate of drug-likeness (QED) is 0.706. The Kier molecular flexibility index (Phi) is 5.16. The van der Waals surface area contributed by atoms with Crippen LogP contribution in [0.2, 0.25) is 0 Å². The molecule has 144 valence electrons. The van der Waals surface area contributed by atoms with Crippen LogP contribution in [-0.4, -0.2) is 24.6 Å². The molecule has 0 aliphatic heterocycles. The summed E-state index contributed by atoms with van der Waals surface area (Å²) in [5, 5.41) is 11.5. The average molecular weight is 387 g/mol. The molecule has 0 spiro atoms. The maximum atomic E-state index is 12.9. The maximum Gasteiger partial charge on any atom is 0.241 e. The first kappa shape index (κ1) is 19.6. The number of hydrogen-bond donors (Lipinski definition) is 2. The molecule has 0 amide bonds. The summed E-state index contributed by atoms with van der Waals surface area (Å²) in [5.41, 5.74) is 5.11. The Hall–Kier alpha value is -2.15. The van der Waals surface area contributed by atoms with Crippen molar-refractivity contribution in [1.82, 2.24) is 9.29 Å². The number of fused-ring (bicyclic) bond motifs is 1. The van der Waals surface area contributed by atoms with Gasteiger partial charge in [0.05, 0.1) is 11.0 Å². The van der Waals surface area contributed by atoms with Crippen molar-refractivity contribution in [2.24, 2.45) is 7.05 Å². The van der Waals surface area contributed by atoms with E-state index in [4.69, 9.17) is 0 Å². The van der Waals surface area contributed by atoms with Crippen LogP contribution in [0.4, 0.5) is 0 Å². The van der Waals surface area contributed by atoms with Gasteiger partial charge in [-0.3, -0.25) is 0 Å². The molecule has 1 atom stereocenters. The first-order valence-electron chi connectivity index (χ1n) is 8.92. The summed E-state index contributed by atoms with van der Waals surface area (Å²) in [5.74, 6) is 0. The minimum atomic E-state index is -3.72. The molecule has 3 aromatic rings.